The lowest BCUT2D eigenvalue weighted by molar-refractivity contribution is -0.149. The van der Waals surface area contributed by atoms with Gasteiger partial charge in [0.05, 0.1) is 24.5 Å². The second-order valence-corrected chi connectivity index (χ2v) is 7.97. The van der Waals surface area contributed by atoms with Gasteiger partial charge in [0, 0.05) is 18.7 Å². The number of esters is 1. The molecule has 1 heterocycles. The molecule has 1 saturated heterocycles. The zero-order valence-corrected chi connectivity index (χ0v) is 15.6. The molecule has 1 N–H and O–H groups in total. The van der Waals surface area contributed by atoms with Crippen LogP contribution in [0.15, 0.2) is 18.2 Å². The molecule has 1 amide bonds. The number of ether oxygens (including phenoxy) is 1. The van der Waals surface area contributed by atoms with Gasteiger partial charge in [-0.2, -0.15) is 0 Å². The van der Waals surface area contributed by atoms with Crippen molar-refractivity contribution in [2.45, 2.75) is 26.7 Å². The van der Waals surface area contributed by atoms with E-state index in [1.807, 2.05) is 0 Å². The van der Waals surface area contributed by atoms with Crippen LogP contribution in [0.3, 0.4) is 0 Å². The van der Waals surface area contributed by atoms with Crippen LogP contribution in [0, 0.1) is 12.8 Å². The quantitative estimate of drug-likeness (QED) is 0.800. The van der Waals surface area contributed by atoms with Gasteiger partial charge in [-0.3, -0.25) is 14.3 Å². The van der Waals surface area contributed by atoms with Gasteiger partial charge >= 0.3 is 5.97 Å². The van der Waals surface area contributed by atoms with Crippen molar-refractivity contribution in [1.29, 1.82) is 0 Å². The van der Waals surface area contributed by atoms with E-state index in [1.54, 1.807) is 36.9 Å². The Morgan fingerprint density at radius 2 is 1.92 bits per heavy atom. The maximum absolute atomic E-state index is 12.7. The minimum absolute atomic E-state index is 0.163. The van der Waals surface area contributed by atoms with Crippen molar-refractivity contribution in [3.8, 4) is 0 Å². The third-order valence-corrected chi connectivity index (χ3v) is 4.77. The van der Waals surface area contributed by atoms with Crippen LogP contribution >= 0.6 is 0 Å². The first-order valence-electron chi connectivity index (χ1n) is 8.25. The van der Waals surface area contributed by atoms with E-state index in [0.717, 1.165) is 11.8 Å². The second kappa shape index (κ2) is 7.86. The molecule has 0 saturated carbocycles. The Bertz CT molecular complexity index is 752. The van der Waals surface area contributed by atoms with Gasteiger partial charge in [0.25, 0.3) is 5.91 Å². The smallest absolute Gasteiger partial charge is 0.309 e. The van der Waals surface area contributed by atoms with Crippen molar-refractivity contribution in [1.82, 2.24) is 4.90 Å². The molecule has 0 spiro atoms. The monoisotopic (exact) mass is 368 g/mol. The normalized spacial score (nSPS) is 15.7. The van der Waals surface area contributed by atoms with Crippen molar-refractivity contribution in [2.75, 3.05) is 30.7 Å². The summed E-state index contributed by atoms with van der Waals surface area (Å²) in [5.74, 6) is -0.534. The number of hydrogen-bond acceptors (Lipinski definition) is 5. The Balaban J connectivity index is 2.07. The van der Waals surface area contributed by atoms with Crippen molar-refractivity contribution >= 4 is 27.6 Å². The fourth-order valence-electron chi connectivity index (χ4n) is 2.83. The molecule has 1 aliphatic rings. The number of likely N-dealkylation sites (tertiary alicyclic amines) is 1. The van der Waals surface area contributed by atoms with Gasteiger partial charge in [-0.05, 0) is 44.4 Å². The van der Waals surface area contributed by atoms with Gasteiger partial charge in [0.2, 0.25) is 10.0 Å². The highest BCUT2D eigenvalue weighted by atomic mass is 32.2. The molecule has 0 radical (unpaired) electrons. The lowest BCUT2D eigenvalue weighted by Gasteiger charge is -2.31. The van der Waals surface area contributed by atoms with Crippen LogP contribution in [0.1, 0.15) is 35.7 Å². The van der Waals surface area contributed by atoms with Crippen molar-refractivity contribution in [2.24, 2.45) is 5.92 Å². The molecule has 138 valence electrons. The van der Waals surface area contributed by atoms with Gasteiger partial charge < -0.3 is 9.64 Å². The Morgan fingerprint density at radius 3 is 2.48 bits per heavy atom. The number of amides is 1. The number of hydrogen-bond donors (Lipinski definition) is 1. The molecular weight excluding hydrogens is 344 g/mol. The number of benzene rings is 1. The molecule has 0 aromatic heterocycles. The first kappa shape index (κ1) is 19.2. The molecule has 1 aromatic carbocycles. The Hall–Kier alpha value is -2.09. The van der Waals surface area contributed by atoms with Gasteiger partial charge in [0.15, 0.2) is 0 Å². The minimum atomic E-state index is -3.42. The van der Waals surface area contributed by atoms with Gasteiger partial charge in [0.1, 0.15) is 0 Å². The van der Waals surface area contributed by atoms with Crippen molar-refractivity contribution in [3.05, 3.63) is 29.3 Å². The number of carbonyl (C=O) groups is 2. The van der Waals surface area contributed by atoms with E-state index in [9.17, 15) is 18.0 Å². The molecule has 1 aliphatic heterocycles. The first-order chi connectivity index (χ1) is 11.7. The minimum Gasteiger partial charge on any atom is -0.466 e. The summed E-state index contributed by atoms with van der Waals surface area (Å²) in [5, 5.41) is 0. The van der Waals surface area contributed by atoms with E-state index in [4.69, 9.17) is 4.74 Å². The fraction of sp³-hybridized carbons (Fsp3) is 0.529. The SMILES string of the molecule is CCOC(=O)C1CCN(C(=O)c2ccc(C)c(NS(C)(=O)=O)c2)CC1. The lowest BCUT2D eigenvalue weighted by Crippen LogP contribution is -2.40. The van der Waals surface area contributed by atoms with Crippen LogP contribution < -0.4 is 4.72 Å². The molecule has 0 unspecified atom stereocenters. The van der Waals surface area contributed by atoms with E-state index >= 15 is 0 Å². The molecule has 0 atom stereocenters. The summed E-state index contributed by atoms with van der Waals surface area (Å²) in [6.07, 6.45) is 2.22. The van der Waals surface area contributed by atoms with Crippen LogP contribution in [-0.2, 0) is 19.6 Å². The summed E-state index contributed by atoms with van der Waals surface area (Å²) >= 11 is 0. The van der Waals surface area contributed by atoms with Crippen LogP contribution in [0.25, 0.3) is 0 Å². The average Bonchev–Trinajstić information content (AvgIpc) is 2.55. The van der Waals surface area contributed by atoms with E-state index in [2.05, 4.69) is 4.72 Å². The van der Waals surface area contributed by atoms with Crippen LogP contribution in [0.4, 0.5) is 5.69 Å². The Morgan fingerprint density at radius 1 is 1.28 bits per heavy atom. The Kier molecular flexibility index (Phi) is 6.05. The molecular formula is C17H24N2O5S. The molecule has 1 fully saturated rings. The number of carbonyl (C=O) groups excluding carboxylic acids is 2. The summed E-state index contributed by atoms with van der Waals surface area (Å²) in [6, 6.07) is 4.95. The summed E-state index contributed by atoms with van der Waals surface area (Å²) in [7, 11) is -3.42. The van der Waals surface area contributed by atoms with Gasteiger partial charge in [-0.1, -0.05) is 6.07 Å². The maximum atomic E-state index is 12.7. The predicted octanol–water partition coefficient (Wildman–Crippen LogP) is 1.78. The van der Waals surface area contributed by atoms with E-state index in [-0.39, 0.29) is 17.8 Å². The van der Waals surface area contributed by atoms with Crippen molar-refractivity contribution < 1.29 is 22.7 Å². The Labute approximate surface area is 148 Å². The summed E-state index contributed by atoms with van der Waals surface area (Å²) in [4.78, 5) is 26.1. The molecule has 2 rings (SSSR count). The van der Waals surface area contributed by atoms with Crippen LogP contribution in [-0.4, -0.2) is 51.1 Å². The number of nitrogens with one attached hydrogen (secondary N) is 1. The molecule has 0 aliphatic carbocycles. The third kappa shape index (κ3) is 5.19. The number of piperidine rings is 1. The summed E-state index contributed by atoms with van der Waals surface area (Å²) in [5.41, 5.74) is 1.56. The highest BCUT2D eigenvalue weighted by Crippen LogP contribution is 2.23. The number of aryl methyl sites for hydroxylation is 1. The number of nitrogens with zero attached hydrogens (tertiary/aromatic N) is 1. The average molecular weight is 368 g/mol. The molecule has 1 aromatic rings. The van der Waals surface area contributed by atoms with Crippen LogP contribution in [0.2, 0.25) is 0 Å². The summed E-state index contributed by atoms with van der Waals surface area (Å²) in [6.45, 7) is 4.86. The topological polar surface area (TPSA) is 92.8 Å². The van der Waals surface area contributed by atoms with Gasteiger partial charge in [-0.15, -0.1) is 0 Å². The van der Waals surface area contributed by atoms with Gasteiger partial charge in [-0.25, -0.2) is 8.42 Å². The zero-order chi connectivity index (χ0) is 18.6. The van der Waals surface area contributed by atoms with Crippen molar-refractivity contribution in [3.63, 3.8) is 0 Å². The fourth-order valence-corrected chi connectivity index (χ4v) is 3.45. The zero-order valence-electron chi connectivity index (χ0n) is 14.7. The lowest BCUT2D eigenvalue weighted by atomic mass is 9.96. The van der Waals surface area contributed by atoms with Crippen LogP contribution in [0.5, 0.6) is 0 Å². The number of rotatable bonds is 5. The second-order valence-electron chi connectivity index (χ2n) is 6.22. The molecule has 0 bridgehead atoms. The maximum Gasteiger partial charge on any atom is 0.309 e. The number of anilines is 1. The molecule has 25 heavy (non-hydrogen) atoms. The number of sulfonamides is 1. The van der Waals surface area contributed by atoms with E-state index < -0.39 is 10.0 Å². The third-order valence-electron chi connectivity index (χ3n) is 4.18. The van der Waals surface area contributed by atoms with E-state index in [0.29, 0.717) is 43.8 Å². The largest absolute Gasteiger partial charge is 0.466 e. The first-order valence-corrected chi connectivity index (χ1v) is 10.1. The summed E-state index contributed by atoms with van der Waals surface area (Å²) < 4.78 is 30.3. The molecule has 8 heteroatoms. The standard InChI is InChI=1S/C17H24N2O5S/c1-4-24-17(21)13-7-9-19(10-8-13)16(20)14-6-5-12(2)15(11-14)18-25(3,22)23/h5-6,11,13,18H,4,7-10H2,1-3H3. The molecule has 7 nitrogen and oxygen atoms in total. The predicted molar refractivity (Wildman–Crippen MR) is 94.9 cm³/mol. The highest BCUT2D eigenvalue weighted by Gasteiger charge is 2.28. The van der Waals surface area contributed by atoms with E-state index in [1.165, 1.54) is 0 Å². The highest BCUT2D eigenvalue weighted by molar-refractivity contribution is 7.92.